The first-order chi connectivity index (χ1) is 9.62. The van der Waals surface area contributed by atoms with E-state index in [-0.39, 0.29) is 4.90 Å². The molecule has 0 saturated carbocycles. The van der Waals surface area contributed by atoms with E-state index in [1.54, 1.807) is 36.4 Å². The standard InChI is InChI=1S/C14H15N3O2S/c1-2-10-15-14-9-8-12(11-16-14)17-20(18,19)13-6-4-3-5-7-13/h2-9,11,17H,1,10H2,(H,15,16). The molecule has 0 radical (unpaired) electrons. The van der Waals surface area contributed by atoms with Crippen LogP contribution in [0.2, 0.25) is 0 Å². The molecular weight excluding hydrogens is 274 g/mol. The van der Waals surface area contributed by atoms with E-state index in [0.717, 1.165) is 0 Å². The molecule has 0 aliphatic carbocycles. The Bertz CT molecular complexity index is 667. The molecule has 20 heavy (non-hydrogen) atoms. The van der Waals surface area contributed by atoms with Gasteiger partial charge in [0.1, 0.15) is 5.82 Å². The number of nitrogens with zero attached hydrogens (tertiary/aromatic N) is 1. The third kappa shape index (κ3) is 3.58. The van der Waals surface area contributed by atoms with Crippen LogP contribution in [0.1, 0.15) is 0 Å². The highest BCUT2D eigenvalue weighted by Gasteiger charge is 2.13. The molecule has 6 heteroatoms. The number of pyridine rings is 1. The molecule has 0 saturated heterocycles. The number of benzene rings is 1. The lowest BCUT2D eigenvalue weighted by molar-refractivity contribution is 0.601. The van der Waals surface area contributed by atoms with Crippen molar-refractivity contribution >= 4 is 21.5 Å². The van der Waals surface area contributed by atoms with E-state index in [0.29, 0.717) is 18.1 Å². The Balaban J connectivity index is 2.12. The van der Waals surface area contributed by atoms with Crippen LogP contribution in [0, 0.1) is 0 Å². The number of sulfonamides is 1. The van der Waals surface area contributed by atoms with Gasteiger partial charge in [-0.3, -0.25) is 4.72 Å². The maximum Gasteiger partial charge on any atom is 0.261 e. The van der Waals surface area contributed by atoms with E-state index in [9.17, 15) is 8.42 Å². The first-order valence-corrected chi connectivity index (χ1v) is 7.49. The molecule has 0 amide bonds. The molecule has 5 nitrogen and oxygen atoms in total. The highest BCUT2D eigenvalue weighted by Crippen LogP contribution is 2.16. The van der Waals surface area contributed by atoms with Crippen LogP contribution in [0.3, 0.4) is 0 Å². The fourth-order valence-electron chi connectivity index (χ4n) is 1.55. The Hall–Kier alpha value is -2.34. The quantitative estimate of drug-likeness (QED) is 0.801. The second kappa shape index (κ2) is 6.21. The van der Waals surface area contributed by atoms with Crippen LogP contribution >= 0.6 is 0 Å². The number of hydrogen-bond donors (Lipinski definition) is 2. The van der Waals surface area contributed by atoms with Gasteiger partial charge in [-0.1, -0.05) is 24.3 Å². The van der Waals surface area contributed by atoms with Gasteiger partial charge < -0.3 is 5.32 Å². The van der Waals surface area contributed by atoms with Crippen molar-refractivity contribution in [2.75, 3.05) is 16.6 Å². The first-order valence-electron chi connectivity index (χ1n) is 6.00. The molecule has 0 spiro atoms. The minimum Gasteiger partial charge on any atom is -0.367 e. The summed E-state index contributed by atoms with van der Waals surface area (Å²) in [5.74, 6) is 0.660. The van der Waals surface area contributed by atoms with Gasteiger partial charge in [0.2, 0.25) is 0 Å². The van der Waals surface area contributed by atoms with Gasteiger partial charge in [0.15, 0.2) is 0 Å². The van der Waals surface area contributed by atoms with Gasteiger partial charge >= 0.3 is 0 Å². The van der Waals surface area contributed by atoms with Crippen molar-refractivity contribution in [3.63, 3.8) is 0 Å². The van der Waals surface area contributed by atoms with E-state index >= 15 is 0 Å². The number of hydrogen-bond acceptors (Lipinski definition) is 4. The second-order valence-corrected chi connectivity index (χ2v) is 5.70. The minimum absolute atomic E-state index is 0.217. The maximum atomic E-state index is 12.1. The zero-order valence-electron chi connectivity index (χ0n) is 10.8. The Morgan fingerprint density at radius 1 is 1.15 bits per heavy atom. The van der Waals surface area contributed by atoms with Crippen LogP contribution in [-0.2, 0) is 10.0 Å². The van der Waals surface area contributed by atoms with Crippen LogP contribution in [-0.4, -0.2) is 19.9 Å². The van der Waals surface area contributed by atoms with Crippen molar-refractivity contribution in [3.8, 4) is 0 Å². The molecular formula is C14H15N3O2S. The molecule has 0 unspecified atom stereocenters. The van der Waals surface area contributed by atoms with E-state index in [2.05, 4.69) is 21.6 Å². The van der Waals surface area contributed by atoms with Crippen LogP contribution in [0.4, 0.5) is 11.5 Å². The lowest BCUT2D eigenvalue weighted by Gasteiger charge is -2.08. The minimum atomic E-state index is -3.57. The maximum absolute atomic E-state index is 12.1. The highest BCUT2D eigenvalue weighted by molar-refractivity contribution is 7.92. The third-order valence-corrected chi connectivity index (χ3v) is 3.89. The van der Waals surface area contributed by atoms with Crippen LogP contribution < -0.4 is 10.0 Å². The van der Waals surface area contributed by atoms with Crippen LogP contribution in [0.5, 0.6) is 0 Å². The Morgan fingerprint density at radius 2 is 1.90 bits per heavy atom. The molecule has 0 fully saturated rings. The van der Waals surface area contributed by atoms with Crippen LogP contribution in [0.15, 0.2) is 66.2 Å². The summed E-state index contributed by atoms with van der Waals surface area (Å²) in [6, 6.07) is 11.5. The number of nitrogens with one attached hydrogen (secondary N) is 2. The molecule has 0 bridgehead atoms. The third-order valence-electron chi connectivity index (χ3n) is 2.50. The molecule has 1 heterocycles. The SMILES string of the molecule is C=CCNc1ccc(NS(=O)(=O)c2ccccc2)cn1. The second-order valence-electron chi connectivity index (χ2n) is 4.02. The molecule has 2 aromatic rings. The van der Waals surface area contributed by atoms with Crippen molar-refractivity contribution in [2.45, 2.75) is 4.90 Å². The van der Waals surface area contributed by atoms with Crippen molar-refractivity contribution in [3.05, 3.63) is 61.3 Å². The average Bonchev–Trinajstić information content (AvgIpc) is 2.47. The van der Waals surface area contributed by atoms with Gasteiger partial charge in [-0.2, -0.15) is 0 Å². The molecule has 1 aromatic heterocycles. The number of rotatable bonds is 6. The average molecular weight is 289 g/mol. The van der Waals surface area contributed by atoms with Crippen molar-refractivity contribution in [1.29, 1.82) is 0 Å². The predicted octanol–water partition coefficient (Wildman–Crippen LogP) is 2.48. The number of aromatic nitrogens is 1. The van der Waals surface area contributed by atoms with Gasteiger partial charge in [0, 0.05) is 6.54 Å². The molecule has 2 N–H and O–H groups in total. The largest absolute Gasteiger partial charge is 0.367 e. The Morgan fingerprint density at radius 3 is 2.50 bits per heavy atom. The van der Waals surface area contributed by atoms with E-state index < -0.39 is 10.0 Å². The van der Waals surface area contributed by atoms with E-state index in [4.69, 9.17) is 0 Å². The summed E-state index contributed by atoms with van der Waals surface area (Å²) >= 11 is 0. The van der Waals surface area contributed by atoms with Gasteiger partial charge in [-0.15, -0.1) is 6.58 Å². The summed E-state index contributed by atoms with van der Waals surface area (Å²) in [5.41, 5.74) is 0.415. The molecule has 1 aromatic carbocycles. The van der Waals surface area contributed by atoms with Crippen molar-refractivity contribution in [2.24, 2.45) is 0 Å². The van der Waals surface area contributed by atoms with E-state index in [1.807, 2.05) is 0 Å². The molecule has 2 rings (SSSR count). The van der Waals surface area contributed by atoms with Gasteiger partial charge in [-0.25, -0.2) is 13.4 Å². The lowest BCUT2D eigenvalue weighted by atomic mass is 10.4. The zero-order chi connectivity index (χ0) is 14.4. The lowest BCUT2D eigenvalue weighted by Crippen LogP contribution is -2.13. The molecule has 0 aliphatic rings. The van der Waals surface area contributed by atoms with Gasteiger partial charge in [0.05, 0.1) is 16.8 Å². The normalized spacial score (nSPS) is 10.8. The van der Waals surface area contributed by atoms with Crippen molar-refractivity contribution in [1.82, 2.24) is 4.98 Å². The molecule has 104 valence electrons. The summed E-state index contributed by atoms with van der Waals surface area (Å²) in [5, 5.41) is 3.01. The smallest absolute Gasteiger partial charge is 0.261 e. The summed E-state index contributed by atoms with van der Waals surface area (Å²) in [4.78, 5) is 4.32. The Labute approximate surface area is 118 Å². The zero-order valence-corrected chi connectivity index (χ0v) is 11.6. The number of anilines is 2. The summed E-state index contributed by atoms with van der Waals surface area (Å²) in [6.07, 6.45) is 3.18. The molecule has 0 atom stereocenters. The predicted molar refractivity (Wildman–Crippen MR) is 80.2 cm³/mol. The highest BCUT2D eigenvalue weighted by atomic mass is 32.2. The summed E-state index contributed by atoms with van der Waals surface area (Å²) in [7, 11) is -3.57. The van der Waals surface area contributed by atoms with Crippen molar-refractivity contribution < 1.29 is 8.42 Å². The van der Waals surface area contributed by atoms with Gasteiger partial charge in [-0.05, 0) is 24.3 Å². The first kappa shape index (κ1) is 14.1. The summed E-state index contributed by atoms with van der Waals surface area (Å²) < 4.78 is 26.7. The fraction of sp³-hybridized carbons (Fsp3) is 0.0714. The monoisotopic (exact) mass is 289 g/mol. The fourth-order valence-corrected chi connectivity index (χ4v) is 2.61. The topological polar surface area (TPSA) is 71.1 Å². The molecule has 0 aliphatic heterocycles. The van der Waals surface area contributed by atoms with E-state index in [1.165, 1.54) is 18.3 Å². The van der Waals surface area contributed by atoms with Crippen LogP contribution in [0.25, 0.3) is 0 Å². The Kier molecular flexibility index (Phi) is 4.37. The summed E-state index contributed by atoms with van der Waals surface area (Å²) in [6.45, 7) is 4.19. The van der Waals surface area contributed by atoms with Gasteiger partial charge in [0.25, 0.3) is 10.0 Å².